The highest BCUT2D eigenvalue weighted by Gasteiger charge is 2.16. The molecule has 9 heteroatoms. The van der Waals surface area contributed by atoms with Gasteiger partial charge in [-0.25, -0.2) is 4.39 Å². The van der Waals surface area contributed by atoms with Crippen molar-refractivity contribution in [2.24, 2.45) is 0 Å². The molecule has 1 aromatic carbocycles. The van der Waals surface area contributed by atoms with Gasteiger partial charge in [0.05, 0.1) is 42.0 Å². The van der Waals surface area contributed by atoms with E-state index in [1.807, 2.05) is 0 Å². The Hall–Kier alpha value is -3.23. The zero-order valence-electron chi connectivity index (χ0n) is 16.3. The number of pyridine rings is 2. The lowest BCUT2D eigenvalue weighted by Crippen LogP contribution is -2.31. The SMILES string of the molecule is COc1cnc(-c2cc(Cl)ccc2F)cc1Nc1ccncc1C(=O)NCC(C)O. The zero-order chi connectivity index (χ0) is 21.7. The van der Waals surface area contributed by atoms with Gasteiger partial charge in [-0.1, -0.05) is 11.6 Å². The molecule has 0 radical (unpaired) electrons. The van der Waals surface area contributed by atoms with Gasteiger partial charge in [0.2, 0.25) is 0 Å². The molecular weight excluding hydrogens is 411 g/mol. The maximum Gasteiger partial charge on any atom is 0.255 e. The van der Waals surface area contributed by atoms with Crippen molar-refractivity contribution in [3.05, 3.63) is 65.3 Å². The first-order chi connectivity index (χ1) is 14.4. The van der Waals surface area contributed by atoms with Crippen LogP contribution in [0.1, 0.15) is 17.3 Å². The summed E-state index contributed by atoms with van der Waals surface area (Å²) in [5, 5.41) is 15.5. The summed E-state index contributed by atoms with van der Waals surface area (Å²) in [6.07, 6.45) is 3.70. The van der Waals surface area contributed by atoms with Crippen molar-refractivity contribution in [2.45, 2.75) is 13.0 Å². The molecule has 0 bridgehead atoms. The van der Waals surface area contributed by atoms with Crippen molar-refractivity contribution >= 4 is 28.9 Å². The van der Waals surface area contributed by atoms with E-state index in [1.54, 1.807) is 19.1 Å². The van der Waals surface area contributed by atoms with Crippen LogP contribution < -0.4 is 15.4 Å². The summed E-state index contributed by atoms with van der Waals surface area (Å²) < 4.78 is 19.6. The van der Waals surface area contributed by atoms with Crippen LogP contribution in [0.5, 0.6) is 5.75 Å². The van der Waals surface area contributed by atoms with Crippen LogP contribution in [0, 0.1) is 5.82 Å². The van der Waals surface area contributed by atoms with E-state index >= 15 is 0 Å². The first-order valence-corrected chi connectivity index (χ1v) is 9.43. The number of halogens is 2. The van der Waals surface area contributed by atoms with E-state index in [9.17, 15) is 14.3 Å². The third-order valence-electron chi connectivity index (χ3n) is 4.18. The Morgan fingerprint density at radius 2 is 2.07 bits per heavy atom. The van der Waals surface area contributed by atoms with E-state index in [-0.39, 0.29) is 17.7 Å². The van der Waals surface area contributed by atoms with Crippen molar-refractivity contribution in [2.75, 3.05) is 19.0 Å². The summed E-state index contributed by atoms with van der Waals surface area (Å²) in [7, 11) is 1.48. The smallest absolute Gasteiger partial charge is 0.255 e. The fraction of sp³-hybridized carbons (Fsp3) is 0.190. The molecule has 3 N–H and O–H groups in total. The van der Waals surface area contributed by atoms with Crippen LogP contribution in [0.15, 0.2) is 48.9 Å². The summed E-state index contributed by atoms with van der Waals surface area (Å²) in [5.74, 6) is -0.473. The van der Waals surface area contributed by atoms with Crippen LogP contribution in [-0.4, -0.2) is 40.7 Å². The third-order valence-corrected chi connectivity index (χ3v) is 4.42. The topological polar surface area (TPSA) is 96.4 Å². The van der Waals surface area contributed by atoms with Crippen molar-refractivity contribution < 1.29 is 19.0 Å². The molecular formula is C21H20ClFN4O3. The standard InChI is InChI=1S/C21H20ClFN4O3/c1-12(28)9-26-21(29)15-10-24-6-5-17(15)27-19-8-18(25-11-20(19)30-2)14-7-13(22)3-4-16(14)23/h3-8,10-12,28H,9H2,1-2H3,(H,26,29)(H,24,25,27). The van der Waals surface area contributed by atoms with E-state index < -0.39 is 17.8 Å². The molecule has 2 aromatic heterocycles. The highest BCUT2D eigenvalue weighted by Crippen LogP contribution is 2.33. The molecule has 1 atom stereocenters. The van der Waals surface area contributed by atoms with Crippen LogP contribution >= 0.6 is 11.6 Å². The molecule has 1 amide bonds. The average molecular weight is 431 g/mol. The molecule has 0 aliphatic carbocycles. The van der Waals surface area contributed by atoms with Crippen LogP contribution in [0.3, 0.4) is 0 Å². The zero-order valence-corrected chi connectivity index (χ0v) is 17.1. The second-order valence-electron chi connectivity index (χ2n) is 6.50. The molecule has 0 aliphatic heterocycles. The summed E-state index contributed by atoms with van der Waals surface area (Å²) in [5.41, 5.74) is 1.77. The summed E-state index contributed by atoms with van der Waals surface area (Å²) >= 11 is 6.00. The van der Waals surface area contributed by atoms with Gasteiger partial charge in [0.25, 0.3) is 5.91 Å². The quantitative estimate of drug-likeness (QED) is 0.527. The Balaban J connectivity index is 1.97. The van der Waals surface area contributed by atoms with Gasteiger partial charge >= 0.3 is 0 Å². The molecule has 30 heavy (non-hydrogen) atoms. The van der Waals surface area contributed by atoms with E-state index in [4.69, 9.17) is 16.3 Å². The number of methoxy groups -OCH3 is 1. The molecule has 0 saturated heterocycles. The molecule has 3 aromatic rings. The molecule has 0 aliphatic rings. The number of ether oxygens (including phenoxy) is 1. The molecule has 156 valence electrons. The minimum atomic E-state index is -0.683. The number of nitrogens with one attached hydrogen (secondary N) is 2. The molecule has 0 fully saturated rings. The van der Waals surface area contributed by atoms with Crippen molar-refractivity contribution in [3.8, 4) is 17.0 Å². The number of hydrogen-bond acceptors (Lipinski definition) is 6. The Bertz CT molecular complexity index is 1060. The van der Waals surface area contributed by atoms with Gasteiger partial charge in [-0.05, 0) is 37.3 Å². The number of amides is 1. The van der Waals surface area contributed by atoms with Crippen molar-refractivity contribution in [1.29, 1.82) is 0 Å². The highest BCUT2D eigenvalue weighted by atomic mass is 35.5. The number of aromatic nitrogens is 2. The summed E-state index contributed by atoms with van der Waals surface area (Å²) in [6, 6.07) is 7.43. The van der Waals surface area contributed by atoms with Crippen LogP contribution in [0.25, 0.3) is 11.3 Å². The van der Waals surface area contributed by atoms with Crippen molar-refractivity contribution in [1.82, 2.24) is 15.3 Å². The van der Waals surface area contributed by atoms with Gasteiger partial charge in [-0.2, -0.15) is 0 Å². The lowest BCUT2D eigenvalue weighted by Gasteiger charge is -2.15. The second kappa shape index (κ2) is 9.51. The highest BCUT2D eigenvalue weighted by molar-refractivity contribution is 6.30. The average Bonchev–Trinajstić information content (AvgIpc) is 2.74. The van der Waals surface area contributed by atoms with Gasteiger partial charge in [0.1, 0.15) is 5.82 Å². The van der Waals surface area contributed by atoms with Gasteiger partial charge in [-0.3, -0.25) is 14.8 Å². The Morgan fingerprint density at radius 3 is 2.80 bits per heavy atom. The number of carbonyl (C=O) groups is 1. The van der Waals surface area contributed by atoms with Crippen molar-refractivity contribution in [3.63, 3.8) is 0 Å². The van der Waals surface area contributed by atoms with Gasteiger partial charge in [-0.15, -0.1) is 0 Å². The Labute approximate surface area is 177 Å². The largest absolute Gasteiger partial charge is 0.493 e. The predicted molar refractivity (Wildman–Crippen MR) is 113 cm³/mol. The molecule has 0 spiro atoms. The molecule has 1 unspecified atom stereocenters. The van der Waals surface area contributed by atoms with E-state index in [2.05, 4.69) is 20.6 Å². The number of anilines is 2. The number of carbonyl (C=O) groups excluding carboxylic acids is 1. The van der Waals surface area contributed by atoms with E-state index in [1.165, 1.54) is 43.9 Å². The fourth-order valence-corrected chi connectivity index (χ4v) is 2.88. The number of aliphatic hydroxyl groups is 1. The number of nitrogens with zero attached hydrogens (tertiary/aromatic N) is 2. The number of hydrogen-bond donors (Lipinski definition) is 3. The molecule has 7 nitrogen and oxygen atoms in total. The number of rotatable bonds is 7. The lowest BCUT2D eigenvalue weighted by atomic mass is 10.1. The Morgan fingerprint density at radius 1 is 1.27 bits per heavy atom. The maximum absolute atomic E-state index is 14.3. The van der Waals surface area contributed by atoms with E-state index in [0.717, 1.165) is 0 Å². The monoisotopic (exact) mass is 430 g/mol. The predicted octanol–water partition coefficient (Wildman–Crippen LogP) is 3.80. The minimum absolute atomic E-state index is 0.101. The van der Waals surface area contributed by atoms with Gasteiger partial charge in [0.15, 0.2) is 5.75 Å². The first-order valence-electron chi connectivity index (χ1n) is 9.05. The Kier molecular flexibility index (Phi) is 6.81. The van der Waals surface area contributed by atoms with Gasteiger partial charge in [0, 0.05) is 29.5 Å². The summed E-state index contributed by atoms with van der Waals surface area (Å²) in [6.45, 7) is 1.67. The first kappa shape index (κ1) is 21.5. The van der Waals surface area contributed by atoms with Crippen LogP contribution in [-0.2, 0) is 0 Å². The third kappa shape index (κ3) is 5.03. The lowest BCUT2D eigenvalue weighted by molar-refractivity contribution is 0.0924. The molecule has 2 heterocycles. The number of benzene rings is 1. The van der Waals surface area contributed by atoms with Crippen LogP contribution in [0.2, 0.25) is 5.02 Å². The number of aliphatic hydroxyl groups excluding tert-OH is 1. The summed E-state index contributed by atoms with van der Waals surface area (Å²) in [4.78, 5) is 20.7. The fourth-order valence-electron chi connectivity index (χ4n) is 2.71. The molecule has 3 rings (SSSR count). The normalized spacial score (nSPS) is 11.6. The van der Waals surface area contributed by atoms with Crippen LogP contribution in [0.4, 0.5) is 15.8 Å². The molecule has 0 saturated carbocycles. The van der Waals surface area contributed by atoms with E-state index in [0.29, 0.717) is 27.8 Å². The minimum Gasteiger partial charge on any atom is -0.493 e. The maximum atomic E-state index is 14.3. The van der Waals surface area contributed by atoms with Gasteiger partial charge < -0.3 is 20.5 Å². The second-order valence-corrected chi connectivity index (χ2v) is 6.94.